The Kier molecular flexibility index (Phi) is 5.63. The van der Waals surface area contributed by atoms with Crippen LogP contribution in [0, 0.1) is 0 Å². The normalized spacial score (nSPS) is 10.1. The molecular weight excluding hydrogens is 218 g/mol. The van der Waals surface area contributed by atoms with Crippen molar-refractivity contribution in [3.63, 3.8) is 0 Å². The van der Waals surface area contributed by atoms with E-state index in [0.29, 0.717) is 23.9 Å². The van der Waals surface area contributed by atoms with Crippen LogP contribution < -0.4 is 19.5 Å². The van der Waals surface area contributed by atoms with E-state index in [1.165, 1.54) is 0 Å². The molecule has 0 atom stereocenters. The highest BCUT2D eigenvalue weighted by atomic mass is 16.5. The Morgan fingerprint density at radius 2 is 1.71 bits per heavy atom. The molecule has 0 unspecified atom stereocenters. The van der Waals surface area contributed by atoms with Gasteiger partial charge in [0.15, 0.2) is 11.5 Å². The van der Waals surface area contributed by atoms with Gasteiger partial charge in [-0.3, -0.25) is 0 Å². The Bertz CT molecular complexity index is 328. The van der Waals surface area contributed by atoms with Gasteiger partial charge in [-0.15, -0.1) is 0 Å². The number of benzene rings is 1. The summed E-state index contributed by atoms with van der Waals surface area (Å²) in [6.07, 6.45) is 0.949. The highest BCUT2D eigenvalue weighted by molar-refractivity contribution is 5.53. The van der Waals surface area contributed by atoms with E-state index in [2.05, 4.69) is 12.2 Å². The quantitative estimate of drug-likeness (QED) is 0.792. The van der Waals surface area contributed by atoms with Crippen LogP contribution in [0.3, 0.4) is 0 Å². The molecule has 0 aliphatic heterocycles. The van der Waals surface area contributed by atoms with Gasteiger partial charge in [-0.25, -0.2) is 0 Å². The van der Waals surface area contributed by atoms with Crippen molar-refractivity contribution >= 4 is 0 Å². The molecule has 1 N–H and O–H groups in total. The van der Waals surface area contributed by atoms with E-state index in [1.54, 1.807) is 14.2 Å². The summed E-state index contributed by atoms with van der Waals surface area (Å²) in [5.41, 5.74) is 1.10. The van der Waals surface area contributed by atoms with Gasteiger partial charge >= 0.3 is 0 Å². The number of hydrogen-bond donors (Lipinski definition) is 1. The van der Waals surface area contributed by atoms with Crippen molar-refractivity contribution in [2.75, 3.05) is 27.9 Å². The second-order valence-electron chi connectivity index (χ2n) is 3.71. The minimum Gasteiger partial charge on any atom is -0.493 e. The second kappa shape index (κ2) is 7.01. The summed E-state index contributed by atoms with van der Waals surface area (Å²) in [4.78, 5) is 0. The molecule has 0 bridgehead atoms. The molecule has 0 fully saturated rings. The van der Waals surface area contributed by atoms with Crippen molar-refractivity contribution in [1.29, 1.82) is 0 Å². The zero-order chi connectivity index (χ0) is 12.7. The van der Waals surface area contributed by atoms with E-state index in [1.807, 2.05) is 19.2 Å². The van der Waals surface area contributed by atoms with Crippen molar-refractivity contribution in [3.05, 3.63) is 17.7 Å². The first-order chi connectivity index (χ1) is 8.26. The van der Waals surface area contributed by atoms with Crippen molar-refractivity contribution in [2.24, 2.45) is 0 Å². The van der Waals surface area contributed by atoms with Crippen LogP contribution in [0.1, 0.15) is 18.9 Å². The predicted molar refractivity (Wildman–Crippen MR) is 68.1 cm³/mol. The highest BCUT2D eigenvalue weighted by Gasteiger charge is 2.13. The Balaban J connectivity index is 3.07. The monoisotopic (exact) mass is 239 g/mol. The summed E-state index contributed by atoms with van der Waals surface area (Å²) in [6.45, 7) is 3.48. The lowest BCUT2D eigenvalue weighted by molar-refractivity contribution is 0.274. The van der Waals surface area contributed by atoms with Gasteiger partial charge in [-0.2, -0.15) is 0 Å². The number of methoxy groups -OCH3 is 2. The maximum atomic E-state index is 5.66. The van der Waals surface area contributed by atoms with Crippen molar-refractivity contribution in [1.82, 2.24) is 5.32 Å². The third kappa shape index (κ3) is 3.53. The molecule has 4 heteroatoms. The molecule has 0 aliphatic carbocycles. The van der Waals surface area contributed by atoms with Gasteiger partial charge < -0.3 is 19.5 Å². The molecule has 0 aromatic heterocycles. The molecule has 1 aromatic carbocycles. The maximum Gasteiger partial charge on any atom is 0.203 e. The summed E-state index contributed by atoms with van der Waals surface area (Å²) in [5, 5.41) is 3.10. The minimum atomic E-state index is 0.651. The zero-order valence-corrected chi connectivity index (χ0v) is 11.0. The van der Waals surface area contributed by atoms with Gasteiger partial charge in [0, 0.05) is 6.54 Å². The van der Waals surface area contributed by atoms with Crippen LogP contribution in [0.2, 0.25) is 0 Å². The molecule has 1 aromatic rings. The number of ether oxygens (including phenoxy) is 3. The Labute approximate surface area is 103 Å². The van der Waals surface area contributed by atoms with E-state index in [-0.39, 0.29) is 0 Å². The largest absolute Gasteiger partial charge is 0.493 e. The average molecular weight is 239 g/mol. The van der Waals surface area contributed by atoms with Crippen LogP contribution in [0.15, 0.2) is 12.1 Å². The van der Waals surface area contributed by atoms with Crippen molar-refractivity contribution in [2.45, 2.75) is 19.9 Å². The predicted octanol–water partition coefficient (Wildman–Crippen LogP) is 2.21. The van der Waals surface area contributed by atoms with Gasteiger partial charge in [0.2, 0.25) is 5.75 Å². The van der Waals surface area contributed by atoms with Crippen LogP contribution >= 0.6 is 0 Å². The fourth-order valence-electron chi connectivity index (χ4n) is 1.59. The lowest BCUT2D eigenvalue weighted by Crippen LogP contribution is -2.07. The van der Waals surface area contributed by atoms with E-state index < -0.39 is 0 Å². The smallest absolute Gasteiger partial charge is 0.203 e. The fourth-order valence-corrected chi connectivity index (χ4v) is 1.59. The summed E-state index contributed by atoms with van der Waals surface area (Å²) in [6, 6.07) is 3.92. The van der Waals surface area contributed by atoms with Gasteiger partial charge in [0.25, 0.3) is 0 Å². The lowest BCUT2D eigenvalue weighted by Gasteiger charge is -2.15. The number of nitrogens with one attached hydrogen (secondary N) is 1. The molecule has 0 amide bonds. The fraction of sp³-hybridized carbons (Fsp3) is 0.538. The topological polar surface area (TPSA) is 39.7 Å². The van der Waals surface area contributed by atoms with Crippen molar-refractivity contribution < 1.29 is 14.2 Å². The summed E-state index contributed by atoms with van der Waals surface area (Å²) in [7, 11) is 5.17. The molecule has 0 radical (unpaired) electrons. The first-order valence-corrected chi connectivity index (χ1v) is 5.79. The van der Waals surface area contributed by atoms with Crippen LogP contribution in [0.4, 0.5) is 0 Å². The van der Waals surface area contributed by atoms with E-state index in [0.717, 1.165) is 18.5 Å². The molecule has 0 spiro atoms. The van der Waals surface area contributed by atoms with Gasteiger partial charge in [-0.05, 0) is 31.2 Å². The minimum absolute atomic E-state index is 0.651. The van der Waals surface area contributed by atoms with E-state index in [9.17, 15) is 0 Å². The molecule has 17 heavy (non-hydrogen) atoms. The van der Waals surface area contributed by atoms with Gasteiger partial charge in [0.05, 0.1) is 20.8 Å². The summed E-state index contributed by atoms with van der Waals surface area (Å²) < 4.78 is 16.3. The van der Waals surface area contributed by atoms with Gasteiger partial charge in [-0.1, -0.05) is 6.92 Å². The molecule has 4 nitrogen and oxygen atoms in total. The van der Waals surface area contributed by atoms with Gasteiger partial charge in [0.1, 0.15) is 0 Å². The van der Waals surface area contributed by atoms with Crippen molar-refractivity contribution in [3.8, 4) is 17.2 Å². The van der Waals surface area contributed by atoms with Crippen LogP contribution in [0.25, 0.3) is 0 Å². The van der Waals surface area contributed by atoms with Crippen LogP contribution in [-0.2, 0) is 6.54 Å². The zero-order valence-electron chi connectivity index (χ0n) is 11.0. The van der Waals surface area contributed by atoms with Crippen LogP contribution in [-0.4, -0.2) is 27.9 Å². The average Bonchev–Trinajstić information content (AvgIpc) is 2.36. The number of hydrogen-bond acceptors (Lipinski definition) is 4. The summed E-state index contributed by atoms with van der Waals surface area (Å²) in [5.74, 6) is 2.10. The Morgan fingerprint density at radius 3 is 2.12 bits per heavy atom. The SMILES string of the molecule is CCCOc1c(OC)cc(CNC)cc1OC. The number of rotatable bonds is 7. The summed E-state index contributed by atoms with van der Waals surface area (Å²) >= 11 is 0. The molecule has 1 rings (SSSR count). The molecule has 0 aliphatic rings. The standard InChI is InChI=1S/C13H21NO3/c1-5-6-17-13-11(15-3)7-10(9-14-2)8-12(13)16-4/h7-8,14H,5-6,9H2,1-4H3. The van der Waals surface area contributed by atoms with E-state index >= 15 is 0 Å². The lowest BCUT2D eigenvalue weighted by atomic mass is 10.2. The highest BCUT2D eigenvalue weighted by Crippen LogP contribution is 2.38. The molecule has 0 saturated heterocycles. The third-order valence-electron chi connectivity index (χ3n) is 2.35. The molecule has 0 saturated carbocycles. The molecule has 96 valence electrons. The molecular formula is C13H21NO3. The first kappa shape index (κ1) is 13.6. The maximum absolute atomic E-state index is 5.66. The Morgan fingerprint density at radius 1 is 1.12 bits per heavy atom. The second-order valence-corrected chi connectivity index (χ2v) is 3.71. The van der Waals surface area contributed by atoms with E-state index in [4.69, 9.17) is 14.2 Å². The first-order valence-electron chi connectivity index (χ1n) is 5.79. The Hall–Kier alpha value is -1.42. The third-order valence-corrected chi connectivity index (χ3v) is 2.35. The van der Waals surface area contributed by atoms with Crippen LogP contribution in [0.5, 0.6) is 17.2 Å². The molecule has 0 heterocycles.